The molecule has 1 N–H and O–H groups in total. The molecular weight excluding hydrogens is 443 g/mol. The van der Waals surface area contributed by atoms with Gasteiger partial charge < -0.3 is 5.32 Å². The van der Waals surface area contributed by atoms with Crippen molar-refractivity contribution in [2.45, 2.75) is 24.7 Å². The van der Waals surface area contributed by atoms with Gasteiger partial charge in [-0.05, 0) is 49.1 Å². The predicted molar refractivity (Wildman–Crippen MR) is 113 cm³/mol. The lowest BCUT2D eigenvalue weighted by Gasteiger charge is -2.29. The maximum atomic E-state index is 13.0. The van der Waals surface area contributed by atoms with Gasteiger partial charge in [0.2, 0.25) is 10.0 Å². The van der Waals surface area contributed by atoms with Crippen LogP contribution in [-0.2, 0) is 10.0 Å². The summed E-state index contributed by atoms with van der Waals surface area (Å²) in [7, 11) is -3.70. The Hall–Kier alpha value is -1.31. The zero-order chi connectivity index (χ0) is 20.5. The molecule has 9 heteroatoms. The van der Waals surface area contributed by atoms with Crippen LogP contribution in [0.3, 0.4) is 0 Å². The summed E-state index contributed by atoms with van der Waals surface area (Å²) >= 11 is 18.3. The van der Waals surface area contributed by atoms with Crippen molar-refractivity contribution in [3.8, 4) is 0 Å². The highest BCUT2D eigenvalue weighted by molar-refractivity contribution is 7.89. The first kappa shape index (κ1) is 21.4. The molecule has 0 saturated carbocycles. The Bertz CT molecular complexity index is 983. The topological polar surface area (TPSA) is 66.5 Å². The molecule has 0 aromatic heterocycles. The number of nitrogens with one attached hydrogen (secondary N) is 1. The molecule has 0 unspecified atom stereocenters. The summed E-state index contributed by atoms with van der Waals surface area (Å²) < 4.78 is 27.4. The van der Waals surface area contributed by atoms with Crippen molar-refractivity contribution in [2.24, 2.45) is 5.92 Å². The van der Waals surface area contributed by atoms with Crippen LogP contribution < -0.4 is 5.32 Å². The molecule has 2 aromatic carbocycles. The van der Waals surface area contributed by atoms with Crippen LogP contribution in [0.2, 0.25) is 15.1 Å². The van der Waals surface area contributed by atoms with E-state index in [1.54, 1.807) is 18.2 Å². The third-order valence-electron chi connectivity index (χ3n) is 4.76. The zero-order valence-electron chi connectivity index (χ0n) is 15.1. The fourth-order valence-corrected chi connectivity index (χ4v) is 5.20. The number of hydrogen-bond donors (Lipinski definition) is 1. The SMILES string of the molecule is CC1CCN(S(=O)(=O)c2ccc(Cl)c(C(=O)Nc3c(Cl)cccc3Cl)c2)CC1. The number of anilines is 1. The predicted octanol–water partition coefficient (Wildman–Crippen LogP) is 5.32. The van der Waals surface area contributed by atoms with Crippen LogP contribution in [0.25, 0.3) is 0 Å². The van der Waals surface area contributed by atoms with E-state index in [0.29, 0.717) is 19.0 Å². The van der Waals surface area contributed by atoms with Crippen molar-refractivity contribution in [1.82, 2.24) is 4.31 Å². The normalized spacial score (nSPS) is 16.1. The number of carbonyl (C=O) groups excluding carboxylic acids is 1. The Kier molecular flexibility index (Phi) is 6.57. The molecule has 1 heterocycles. The first-order valence-electron chi connectivity index (χ1n) is 8.75. The molecule has 2 aromatic rings. The number of amides is 1. The van der Waals surface area contributed by atoms with Crippen LogP contribution >= 0.6 is 34.8 Å². The van der Waals surface area contributed by atoms with Gasteiger partial charge in [0.15, 0.2) is 0 Å². The summed E-state index contributed by atoms with van der Waals surface area (Å²) in [6.07, 6.45) is 1.62. The lowest BCUT2D eigenvalue weighted by molar-refractivity contribution is 0.102. The molecule has 1 fully saturated rings. The van der Waals surface area contributed by atoms with E-state index in [1.807, 2.05) is 0 Å². The van der Waals surface area contributed by atoms with Gasteiger partial charge in [-0.25, -0.2) is 8.42 Å². The minimum Gasteiger partial charge on any atom is -0.319 e. The van der Waals surface area contributed by atoms with Crippen molar-refractivity contribution in [3.05, 3.63) is 57.0 Å². The third-order valence-corrected chi connectivity index (χ3v) is 7.62. The summed E-state index contributed by atoms with van der Waals surface area (Å²) in [5.41, 5.74) is 0.272. The number of rotatable bonds is 4. The van der Waals surface area contributed by atoms with Gasteiger partial charge in [0.05, 0.1) is 31.2 Å². The molecule has 0 atom stereocenters. The number of nitrogens with zero attached hydrogens (tertiary/aromatic N) is 1. The molecule has 3 rings (SSSR count). The fraction of sp³-hybridized carbons (Fsp3) is 0.316. The highest BCUT2D eigenvalue weighted by Gasteiger charge is 2.29. The van der Waals surface area contributed by atoms with Gasteiger partial charge in [0, 0.05) is 13.1 Å². The van der Waals surface area contributed by atoms with Crippen LogP contribution in [0, 0.1) is 5.92 Å². The minimum atomic E-state index is -3.70. The Labute approximate surface area is 179 Å². The highest BCUT2D eigenvalue weighted by Crippen LogP contribution is 2.32. The molecule has 1 saturated heterocycles. The van der Waals surface area contributed by atoms with Gasteiger partial charge in [-0.3, -0.25) is 4.79 Å². The lowest BCUT2D eigenvalue weighted by Crippen LogP contribution is -2.37. The first-order chi connectivity index (χ1) is 13.2. The van der Waals surface area contributed by atoms with Crippen LogP contribution in [0.4, 0.5) is 5.69 Å². The molecule has 1 amide bonds. The van der Waals surface area contributed by atoms with Crippen molar-refractivity contribution >= 4 is 56.4 Å². The van der Waals surface area contributed by atoms with E-state index in [0.717, 1.165) is 12.8 Å². The van der Waals surface area contributed by atoms with E-state index >= 15 is 0 Å². The Morgan fingerprint density at radius 1 is 1.04 bits per heavy atom. The number of sulfonamides is 1. The largest absolute Gasteiger partial charge is 0.319 e. The lowest BCUT2D eigenvalue weighted by atomic mass is 10.0. The van der Waals surface area contributed by atoms with E-state index in [2.05, 4.69) is 12.2 Å². The zero-order valence-corrected chi connectivity index (χ0v) is 18.2. The smallest absolute Gasteiger partial charge is 0.257 e. The van der Waals surface area contributed by atoms with Crippen LogP contribution in [0.1, 0.15) is 30.1 Å². The molecule has 1 aliphatic heterocycles. The van der Waals surface area contributed by atoms with E-state index in [-0.39, 0.29) is 31.2 Å². The number of para-hydroxylation sites is 1. The average molecular weight is 462 g/mol. The Balaban J connectivity index is 1.90. The molecule has 5 nitrogen and oxygen atoms in total. The fourth-order valence-electron chi connectivity index (χ4n) is 3.01. The number of piperidine rings is 1. The second-order valence-electron chi connectivity index (χ2n) is 6.78. The van der Waals surface area contributed by atoms with Crippen LogP contribution in [0.5, 0.6) is 0 Å². The average Bonchev–Trinajstić information content (AvgIpc) is 2.65. The van der Waals surface area contributed by atoms with Crippen LogP contribution in [0.15, 0.2) is 41.3 Å². The van der Waals surface area contributed by atoms with E-state index in [9.17, 15) is 13.2 Å². The maximum Gasteiger partial charge on any atom is 0.257 e. The second kappa shape index (κ2) is 8.59. The van der Waals surface area contributed by atoms with Gasteiger partial charge in [0.25, 0.3) is 5.91 Å². The number of hydrogen-bond acceptors (Lipinski definition) is 3. The standard InChI is InChI=1S/C19H19Cl3N2O3S/c1-12-7-9-24(10-8-12)28(26,27)13-5-6-15(20)14(11-13)19(25)23-18-16(21)3-2-4-17(18)22/h2-6,11-12H,7-10H2,1H3,(H,23,25). The van der Waals surface area contributed by atoms with Crippen molar-refractivity contribution in [3.63, 3.8) is 0 Å². The molecule has 0 bridgehead atoms. The molecule has 0 radical (unpaired) electrons. The third kappa shape index (κ3) is 4.47. The van der Waals surface area contributed by atoms with Gasteiger partial charge in [-0.1, -0.05) is 47.8 Å². The summed E-state index contributed by atoms with van der Waals surface area (Å²) in [5.74, 6) is -0.0947. The quantitative estimate of drug-likeness (QED) is 0.670. The Morgan fingerprint density at radius 3 is 2.25 bits per heavy atom. The van der Waals surface area contributed by atoms with Crippen LogP contribution in [-0.4, -0.2) is 31.7 Å². The maximum absolute atomic E-state index is 13.0. The number of carbonyl (C=O) groups is 1. The molecule has 0 spiro atoms. The molecule has 0 aliphatic carbocycles. The number of benzene rings is 2. The van der Waals surface area contributed by atoms with E-state index in [4.69, 9.17) is 34.8 Å². The molecule has 1 aliphatic rings. The van der Waals surface area contributed by atoms with Gasteiger partial charge in [0.1, 0.15) is 0 Å². The summed E-state index contributed by atoms with van der Waals surface area (Å²) in [4.78, 5) is 12.7. The minimum absolute atomic E-state index is 0.0295. The molecule has 28 heavy (non-hydrogen) atoms. The number of halogens is 3. The van der Waals surface area contributed by atoms with Crippen molar-refractivity contribution < 1.29 is 13.2 Å². The van der Waals surface area contributed by atoms with Gasteiger partial charge in [-0.2, -0.15) is 4.31 Å². The summed E-state index contributed by atoms with van der Waals surface area (Å²) in [6.45, 7) is 3.03. The van der Waals surface area contributed by atoms with Crippen molar-refractivity contribution in [1.29, 1.82) is 0 Å². The van der Waals surface area contributed by atoms with Gasteiger partial charge in [-0.15, -0.1) is 0 Å². The summed E-state index contributed by atoms with van der Waals surface area (Å²) in [6, 6.07) is 8.93. The van der Waals surface area contributed by atoms with E-state index < -0.39 is 15.9 Å². The van der Waals surface area contributed by atoms with E-state index in [1.165, 1.54) is 22.5 Å². The second-order valence-corrected chi connectivity index (χ2v) is 9.94. The first-order valence-corrected chi connectivity index (χ1v) is 11.3. The monoisotopic (exact) mass is 460 g/mol. The highest BCUT2D eigenvalue weighted by atomic mass is 35.5. The molecule has 150 valence electrons. The molecular formula is C19H19Cl3N2O3S. The summed E-state index contributed by atoms with van der Waals surface area (Å²) in [5, 5.41) is 3.27. The Morgan fingerprint density at radius 2 is 1.64 bits per heavy atom. The van der Waals surface area contributed by atoms with Gasteiger partial charge >= 0.3 is 0 Å². The van der Waals surface area contributed by atoms with Crippen molar-refractivity contribution in [2.75, 3.05) is 18.4 Å².